The molecule has 4 atom stereocenters. The Morgan fingerprint density at radius 1 is 0.969 bits per heavy atom. The molecule has 0 aromatic heterocycles. The van der Waals surface area contributed by atoms with Crippen molar-refractivity contribution in [2.24, 2.45) is 5.92 Å². The molecule has 0 spiro atoms. The maximum absolute atomic E-state index is 13.2. The van der Waals surface area contributed by atoms with Gasteiger partial charge in [-0.2, -0.15) is 0 Å². The molecule has 5 nitrogen and oxygen atoms in total. The predicted octanol–water partition coefficient (Wildman–Crippen LogP) is 6.25. The monoisotopic (exact) mass is 507 g/mol. The average Bonchev–Trinajstić information content (AvgIpc) is 3.08. The van der Waals surface area contributed by atoms with Crippen LogP contribution in [-0.4, -0.2) is 57.9 Å². The predicted molar refractivity (Wildman–Crippen MR) is 144 cm³/mol. The number of nitrogens with one attached hydrogen (secondary N) is 1. The molecule has 0 aliphatic carbocycles. The van der Waals surface area contributed by atoms with Gasteiger partial charge in [0.25, 0.3) is 0 Å². The van der Waals surface area contributed by atoms with Gasteiger partial charge in [0.1, 0.15) is 4.75 Å². The third-order valence-electron chi connectivity index (χ3n) is 7.54. The third-order valence-corrected chi connectivity index (χ3v) is 18.2. The molecule has 1 N–H and O–H groups in total. The van der Waals surface area contributed by atoms with Crippen molar-refractivity contribution in [1.29, 1.82) is 0 Å². The van der Waals surface area contributed by atoms with Crippen molar-refractivity contribution in [3.63, 3.8) is 0 Å². The second-order valence-electron chi connectivity index (χ2n) is 13.6. The normalized spacial score (nSPS) is 22.1. The first kappa shape index (κ1) is 30.6. The Bertz CT molecular complexity index is 576. The molecule has 32 heavy (non-hydrogen) atoms. The van der Waals surface area contributed by atoms with Crippen molar-refractivity contribution in [1.82, 2.24) is 4.72 Å². The lowest BCUT2D eigenvalue weighted by Gasteiger charge is -2.44. The standard InChI is InChI=1S/C24H53NO4SSi2/c1-22(2,3)30(26)25-20(16-19-14-15-27-17-19)21(29-32(12,13)24(7,8)9)18-28-31(10,11)23(4,5)6/h19-21,25H,14-18H2,1-13H3/t19?,20-,21+,30?/m0/s1. The lowest BCUT2D eigenvalue weighted by Crippen LogP contribution is -2.57. The van der Waals surface area contributed by atoms with Crippen LogP contribution in [0.15, 0.2) is 0 Å². The fraction of sp³-hybridized carbons (Fsp3) is 1.00. The quantitative estimate of drug-likeness (QED) is 0.280. The first-order valence-electron chi connectivity index (χ1n) is 12.2. The van der Waals surface area contributed by atoms with Gasteiger partial charge in [0.05, 0.1) is 18.8 Å². The van der Waals surface area contributed by atoms with E-state index in [1.54, 1.807) is 0 Å². The minimum absolute atomic E-state index is 0.0411. The number of hydrogen-bond donors (Lipinski definition) is 1. The van der Waals surface area contributed by atoms with E-state index in [1.165, 1.54) is 0 Å². The van der Waals surface area contributed by atoms with Crippen molar-refractivity contribution >= 4 is 28.0 Å². The molecule has 1 aliphatic rings. The summed E-state index contributed by atoms with van der Waals surface area (Å²) in [5, 5.41) is 0.220. The summed E-state index contributed by atoms with van der Waals surface area (Å²) in [4.78, 5) is 0. The molecule has 1 heterocycles. The zero-order valence-electron chi connectivity index (χ0n) is 23.3. The van der Waals surface area contributed by atoms with E-state index in [0.717, 1.165) is 26.1 Å². The lowest BCUT2D eigenvalue weighted by atomic mass is 9.97. The van der Waals surface area contributed by atoms with Gasteiger partial charge in [-0.25, -0.2) is 0 Å². The first-order valence-corrected chi connectivity index (χ1v) is 19.2. The molecule has 1 fully saturated rings. The average molecular weight is 508 g/mol. The van der Waals surface area contributed by atoms with Crippen molar-refractivity contribution in [2.45, 2.75) is 128 Å². The van der Waals surface area contributed by atoms with Gasteiger partial charge in [0.2, 0.25) is 0 Å². The maximum Gasteiger partial charge on any atom is 0.192 e. The summed E-state index contributed by atoms with van der Waals surface area (Å²) >= 11 is -1.18. The number of ether oxygens (including phenoxy) is 1. The van der Waals surface area contributed by atoms with Gasteiger partial charge in [0.15, 0.2) is 16.6 Å². The van der Waals surface area contributed by atoms with Gasteiger partial charge in [-0.05, 0) is 75.8 Å². The van der Waals surface area contributed by atoms with Crippen LogP contribution in [0.25, 0.3) is 0 Å². The molecule has 192 valence electrons. The van der Waals surface area contributed by atoms with Gasteiger partial charge < -0.3 is 18.1 Å². The van der Waals surface area contributed by atoms with Crippen LogP contribution in [0.1, 0.15) is 75.2 Å². The van der Waals surface area contributed by atoms with E-state index in [0.29, 0.717) is 12.5 Å². The van der Waals surface area contributed by atoms with Crippen LogP contribution in [0.5, 0.6) is 0 Å². The van der Waals surface area contributed by atoms with Crippen molar-refractivity contribution in [3.05, 3.63) is 0 Å². The summed E-state index contributed by atoms with van der Waals surface area (Å²) in [6.45, 7) is 30.9. The van der Waals surface area contributed by atoms with Gasteiger partial charge in [0, 0.05) is 24.6 Å². The van der Waals surface area contributed by atoms with E-state index in [1.807, 2.05) is 20.8 Å². The highest BCUT2D eigenvalue weighted by Gasteiger charge is 2.45. The fourth-order valence-corrected chi connectivity index (χ4v) is 6.25. The molecule has 1 aliphatic heterocycles. The molecule has 0 aromatic carbocycles. The summed E-state index contributed by atoms with van der Waals surface area (Å²) in [6, 6.07) is -0.0411. The Labute approximate surface area is 204 Å². The molecule has 0 aromatic rings. The molecule has 0 radical (unpaired) electrons. The zero-order chi connectivity index (χ0) is 25.2. The Balaban J connectivity index is 3.24. The number of hydrogen-bond acceptors (Lipinski definition) is 5. The topological polar surface area (TPSA) is 62.8 Å². The second-order valence-corrected chi connectivity index (χ2v) is 25.1. The molecule has 8 heteroatoms. The fourth-order valence-electron chi connectivity index (χ4n) is 3.01. The minimum atomic E-state index is -2.06. The number of rotatable bonds is 10. The van der Waals surface area contributed by atoms with Gasteiger partial charge in [-0.1, -0.05) is 41.5 Å². The van der Waals surface area contributed by atoms with E-state index in [-0.39, 0.29) is 27.0 Å². The SMILES string of the molecule is CC(C)(C)[S+]([O-])N[C@@H](CC1CCOC1)[C@@H](CO[Si](C)(C)C(C)(C)C)O[Si](C)(C)C(C)(C)C. The molecule has 0 amide bonds. The second kappa shape index (κ2) is 11.1. The largest absolute Gasteiger partial charge is 0.598 e. The summed E-state index contributed by atoms with van der Waals surface area (Å²) in [7, 11) is -4.01. The Hall–Kier alpha value is 0.584. The highest BCUT2D eigenvalue weighted by atomic mass is 32.2. The first-order chi connectivity index (χ1) is 14.2. The molecular formula is C24H53NO4SSi2. The van der Waals surface area contributed by atoms with Gasteiger partial charge >= 0.3 is 0 Å². The third kappa shape index (κ3) is 8.98. The van der Waals surface area contributed by atoms with E-state index in [9.17, 15) is 4.55 Å². The molecule has 2 unspecified atom stereocenters. The maximum atomic E-state index is 13.2. The highest BCUT2D eigenvalue weighted by molar-refractivity contribution is 7.90. The molecule has 1 rings (SSSR count). The molecule has 0 saturated carbocycles. The lowest BCUT2D eigenvalue weighted by molar-refractivity contribution is 0.0726. The minimum Gasteiger partial charge on any atom is -0.598 e. The summed E-state index contributed by atoms with van der Waals surface area (Å²) in [5.74, 6) is 0.461. The van der Waals surface area contributed by atoms with E-state index >= 15 is 0 Å². The van der Waals surface area contributed by atoms with Crippen molar-refractivity contribution < 1.29 is 18.1 Å². The molecule has 1 saturated heterocycles. The zero-order valence-corrected chi connectivity index (χ0v) is 26.1. The van der Waals surface area contributed by atoms with Crippen LogP contribution >= 0.6 is 0 Å². The van der Waals surface area contributed by atoms with Crippen LogP contribution in [-0.2, 0) is 25.0 Å². The van der Waals surface area contributed by atoms with Crippen LogP contribution in [0.4, 0.5) is 0 Å². The Morgan fingerprint density at radius 3 is 1.91 bits per heavy atom. The Kier molecular flexibility index (Phi) is 10.6. The molecule has 0 bridgehead atoms. The van der Waals surface area contributed by atoms with Gasteiger partial charge in [-0.15, -0.1) is 4.72 Å². The van der Waals surface area contributed by atoms with E-state index < -0.39 is 28.0 Å². The summed E-state index contributed by atoms with van der Waals surface area (Å²) < 4.78 is 35.7. The van der Waals surface area contributed by atoms with Crippen molar-refractivity contribution in [2.75, 3.05) is 19.8 Å². The van der Waals surface area contributed by atoms with Crippen LogP contribution in [0.2, 0.25) is 36.3 Å². The van der Waals surface area contributed by atoms with Crippen LogP contribution < -0.4 is 4.72 Å². The van der Waals surface area contributed by atoms with Crippen LogP contribution in [0.3, 0.4) is 0 Å². The summed E-state index contributed by atoms with van der Waals surface area (Å²) in [6.07, 6.45) is 1.80. The summed E-state index contributed by atoms with van der Waals surface area (Å²) in [5.41, 5.74) is 0. The van der Waals surface area contributed by atoms with E-state index in [2.05, 4.69) is 72.5 Å². The van der Waals surface area contributed by atoms with Gasteiger partial charge in [-0.3, -0.25) is 0 Å². The van der Waals surface area contributed by atoms with E-state index in [4.69, 9.17) is 13.6 Å². The highest BCUT2D eigenvalue weighted by Crippen LogP contribution is 2.40. The molecular weight excluding hydrogens is 455 g/mol. The Morgan fingerprint density at radius 2 is 1.50 bits per heavy atom. The van der Waals surface area contributed by atoms with Crippen LogP contribution in [0, 0.1) is 5.92 Å². The van der Waals surface area contributed by atoms with Crippen molar-refractivity contribution in [3.8, 4) is 0 Å². The smallest absolute Gasteiger partial charge is 0.192 e.